The van der Waals surface area contributed by atoms with Crippen LogP contribution in [0.25, 0.3) is 0 Å². The fourth-order valence-corrected chi connectivity index (χ4v) is 2.38. The van der Waals surface area contributed by atoms with Crippen LogP contribution in [-0.4, -0.2) is 23.9 Å². The second kappa shape index (κ2) is 9.03. The van der Waals surface area contributed by atoms with E-state index in [1.165, 1.54) is 13.3 Å². The van der Waals surface area contributed by atoms with Crippen molar-refractivity contribution in [3.05, 3.63) is 47.2 Å². The van der Waals surface area contributed by atoms with Gasteiger partial charge in [-0.25, -0.2) is 4.98 Å². The molecule has 0 aliphatic heterocycles. The van der Waals surface area contributed by atoms with Crippen LogP contribution in [0.2, 0.25) is 5.15 Å². The van der Waals surface area contributed by atoms with E-state index in [1.54, 1.807) is 30.3 Å². The predicted octanol–water partition coefficient (Wildman–Crippen LogP) is 4.12. The lowest BCUT2D eigenvalue weighted by atomic mass is 10.2. The van der Waals surface area contributed by atoms with Gasteiger partial charge < -0.3 is 15.4 Å². The number of aromatic nitrogens is 1. The maximum Gasteiger partial charge on any atom is 0.258 e. The van der Waals surface area contributed by atoms with E-state index in [-0.39, 0.29) is 22.5 Å². The average Bonchev–Trinajstić information content (AvgIpc) is 2.61. The molecular weight excluding hydrogens is 342 g/mol. The smallest absolute Gasteiger partial charge is 0.258 e. The second-order valence-electron chi connectivity index (χ2n) is 5.36. The highest BCUT2D eigenvalue weighted by atomic mass is 35.5. The van der Waals surface area contributed by atoms with Gasteiger partial charge in [-0.1, -0.05) is 24.9 Å². The third-order valence-electron chi connectivity index (χ3n) is 3.49. The highest BCUT2D eigenvalue weighted by Gasteiger charge is 2.13. The molecule has 2 amide bonds. The van der Waals surface area contributed by atoms with Gasteiger partial charge in [0.25, 0.3) is 5.91 Å². The molecule has 0 saturated carbocycles. The number of nitrogens with one attached hydrogen (secondary N) is 2. The molecule has 2 aromatic rings. The first kappa shape index (κ1) is 18.7. The van der Waals surface area contributed by atoms with Gasteiger partial charge in [-0.15, -0.1) is 0 Å². The quantitative estimate of drug-likeness (QED) is 0.727. The summed E-state index contributed by atoms with van der Waals surface area (Å²) >= 11 is 5.92. The molecule has 0 bridgehead atoms. The fourth-order valence-electron chi connectivity index (χ4n) is 2.18. The number of benzene rings is 1. The van der Waals surface area contributed by atoms with Crippen molar-refractivity contribution in [3.8, 4) is 5.75 Å². The Morgan fingerprint density at radius 3 is 2.72 bits per heavy atom. The largest absolute Gasteiger partial charge is 0.494 e. The average molecular weight is 362 g/mol. The number of nitrogens with zero attached hydrogens (tertiary/aromatic N) is 1. The minimum atomic E-state index is -0.375. The summed E-state index contributed by atoms with van der Waals surface area (Å²) in [6.07, 6.45) is 3.75. The number of pyridine rings is 1. The van der Waals surface area contributed by atoms with Crippen molar-refractivity contribution in [2.24, 2.45) is 0 Å². The van der Waals surface area contributed by atoms with Crippen molar-refractivity contribution in [1.82, 2.24) is 4.98 Å². The van der Waals surface area contributed by atoms with Gasteiger partial charge in [0.1, 0.15) is 10.9 Å². The number of hydrogen-bond acceptors (Lipinski definition) is 4. The van der Waals surface area contributed by atoms with Crippen LogP contribution in [0.1, 0.15) is 36.5 Å². The van der Waals surface area contributed by atoms with Gasteiger partial charge in [0, 0.05) is 24.4 Å². The monoisotopic (exact) mass is 361 g/mol. The van der Waals surface area contributed by atoms with Crippen molar-refractivity contribution in [2.45, 2.75) is 26.2 Å². The van der Waals surface area contributed by atoms with Crippen molar-refractivity contribution in [2.75, 3.05) is 17.7 Å². The summed E-state index contributed by atoms with van der Waals surface area (Å²) in [5.74, 6) is 0.0129. The number of methoxy groups -OCH3 is 1. The number of amides is 2. The molecule has 0 unspecified atom stereocenters. The predicted molar refractivity (Wildman–Crippen MR) is 98.3 cm³/mol. The van der Waals surface area contributed by atoms with Crippen LogP contribution in [0.3, 0.4) is 0 Å². The Morgan fingerprint density at radius 1 is 1.24 bits per heavy atom. The number of ether oxygens (including phenoxy) is 1. The Balaban J connectivity index is 2.11. The van der Waals surface area contributed by atoms with Gasteiger partial charge in [0.15, 0.2) is 0 Å². The SMILES string of the molecule is CCCCC(=O)Nc1ccc(NC(=O)c2cccnc2Cl)cc1OC. The molecule has 7 heteroatoms. The van der Waals surface area contributed by atoms with Gasteiger partial charge in [-0.05, 0) is 30.7 Å². The molecule has 0 spiro atoms. The molecule has 1 aromatic carbocycles. The highest BCUT2D eigenvalue weighted by molar-refractivity contribution is 6.33. The number of carbonyl (C=O) groups is 2. The summed E-state index contributed by atoms with van der Waals surface area (Å²) in [5, 5.41) is 5.67. The van der Waals surface area contributed by atoms with Crippen LogP contribution < -0.4 is 15.4 Å². The van der Waals surface area contributed by atoms with E-state index >= 15 is 0 Å². The highest BCUT2D eigenvalue weighted by Crippen LogP contribution is 2.28. The first-order valence-electron chi connectivity index (χ1n) is 7.95. The molecule has 2 rings (SSSR count). The lowest BCUT2D eigenvalue weighted by Gasteiger charge is -2.13. The topological polar surface area (TPSA) is 80.3 Å². The third kappa shape index (κ3) is 5.19. The van der Waals surface area contributed by atoms with Crippen LogP contribution in [0, 0.1) is 0 Å². The molecule has 0 aliphatic rings. The number of unbranched alkanes of at least 4 members (excludes halogenated alkanes) is 1. The minimum Gasteiger partial charge on any atom is -0.494 e. The van der Waals surface area contributed by atoms with E-state index in [9.17, 15) is 9.59 Å². The van der Waals surface area contributed by atoms with Crippen molar-refractivity contribution >= 4 is 34.8 Å². The van der Waals surface area contributed by atoms with E-state index in [4.69, 9.17) is 16.3 Å². The lowest BCUT2D eigenvalue weighted by Crippen LogP contribution is -2.14. The number of anilines is 2. The van der Waals surface area contributed by atoms with Gasteiger partial charge in [0.2, 0.25) is 5.91 Å². The van der Waals surface area contributed by atoms with E-state index in [0.29, 0.717) is 23.5 Å². The minimum absolute atomic E-state index is 0.0703. The van der Waals surface area contributed by atoms with Crippen molar-refractivity contribution in [1.29, 1.82) is 0 Å². The normalized spacial score (nSPS) is 10.2. The Labute approximate surface area is 151 Å². The molecule has 1 aromatic heterocycles. The molecule has 0 atom stereocenters. The Hall–Kier alpha value is -2.60. The Morgan fingerprint density at radius 2 is 2.04 bits per heavy atom. The van der Waals surface area contributed by atoms with Crippen molar-refractivity contribution < 1.29 is 14.3 Å². The zero-order valence-electron chi connectivity index (χ0n) is 14.1. The number of carbonyl (C=O) groups excluding carboxylic acids is 2. The molecule has 6 nitrogen and oxygen atoms in total. The summed E-state index contributed by atoms with van der Waals surface area (Å²) in [5.41, 5.74) is 1.36. The zero-order valence-corrected chi connectivity index (χ0v) is 14.9. The number of hydrogen-bond donors (Lipinski definition) is 2. The molecule has 0 saturated heterocycles. The summed E-state index contributed by atoms with van der Waals surface area (Å²) in [6, 6.07) is 8.22. The molecule has 2 N–H and O–H groups in total. The van der Waals surface area contributed by atoms with Crippen LogP contribution >= 0.6 is 11.6 Å². The molecule has 0 fully saturated rings. The van der Waals surface area contributed by atoms with Gasteiger partial charge in [-0.2, -0.15) is 0 Å². The first-order chi connectivity index (χ1) is 12.0. The second-order valence-corrected chi connectivity index (χ2v) is 5.72. The Bertz CT molecular complexity index is 765. The zero-order chi connectivity index (χ0) is 18.2. The first-order valence-corrected chi connectivity index (χ1v) is 8.32. The van der Waals surface area contributed by atoms with E-state index in [1.807, 2.05) is 6.92 Å². The van der Waals surface area contributed by atoms with Crippen LogP contribution in [-0.2, 0) is 4.79 Å². The van der Waals surface area contributed by atoms with Crippen LogP contribution in [0.5, 0.6) is 5.75 Å². The molecular formula is C18H20ClN3O3. The van der Waals surface area contributed by atoms with E-state index in [2.05, 4.69) is 15.6 Å². The number of halogens is 1. The summed E-state index contributed by atoms with van der Waals surface area (Å²) in [4.78, 5) is 28.0. The summed E-state index contributed by atoms with van der Waals surface area (Å²) in [6.45, 7) is 2.03. The third-order valence-corrected chi connectivity index (χ3v) is 3.80. The summed E-state index contributed by atoms with van der Waals surface area (Å²) < 4.78 is 5.30. The molecule has 0 radical (unpaired) electrons. The maximum atomic E-state index is 12.3. The van der Waals surface area contributed by atoms with E-state index < -0.39 is 0 Å². The Kier molecular flexibility index (Phi) is 6.77. The lowest BCUT2D eigenvalue weighted by molar-refractivity contribution is -0.116. The maximum absolute atomic E-state index is 12.3. The van der Waals surface area contributed by atoms with Gasteiger partial charge >= 0.3 is 0 Å². The van der Waals surface area contributed by atoms with Crippen molar-refractivity contribution in [3.63, 3.8) is 0 Å². The molecule has 25 heavy (non-hydrogen) atoms. The van der Waals surface area contributed by atoms with Crippen LogP contribution in [0.15, 0.2) is 36.5 Å². The fraction of sp³-hybridized carbons (Fsp3) is 0.278. The summed E-state index contributed by atoms with van der Waals surface area (Å²) in [7, 11) is 1.50. The standard InChI is InChI=1S/C18H20ClN3O3/c1-3-4-7-16(23)22-14-9-8-12(11-15(14)25-2)21-18(24)13-6-5-10-20-17(13)19/h5-6,8-11H,3-4,7H2,1-2H3,(H,21,24)(H,22,23). The van der Waals surface area contributed by atoms with E-state index in [0.717, 1.165) is 12.8 Å². The van der Waals surface area contributed by atoms with Gasteiger partial charge in [-0.3, -0.25) is 9.59 Å². The van der Waals surface area contributed by atoms with Crippen LogP contribution in [0.4, 0.5) is 11.4 Å². The van der Waals surface area contributed by atoms with Gasteiger partial charge in [0.05, 0.1) is 18.4 Å². The molecule has 132 valence electrons. The number of rotatable bonds is 7. The molecule has 0 aliphatic carbocycles. The molecule has 1 heterocycles.